The van der Waals surface area contributed by atoms with E-state index in [1.54, 1.807) is 24.3 Å². The molecule has 116 valence electrons. The summed E-state index contributed by atoms with van der Waals surface area (Å²) in [6.45, 7) is 0. The summed E-state index contributed by atoms with van der Waals surface area (Å²) in [5.74, 6) is -1.71. The standard InChI is InChI=1S/C15H8Cl2F2N4/c16-8-4-6-9(7-5-8)20-15-22-13(21-14(17)23-15)12-10(18)2-1-3-11(12)19/h1-7H,(H,20,21,22,23). The van der Waals surface area contributed by atoms with Crippen LogP contribution in [-0.2, 0) is 0 Å². The first-order valence-electron chi connectivity index (χ1n) is 6.41. The van der Waals surface area contributed by atoms with Crippen molar-refractivity contribution in [1.29, 1.82) is 0 Å². The maximum Gasteiger partial charge on any atom is 0.232 e. The molecule has 0 unspecified atom stereocenters. The van der Waals surface area contributed by atoms with Gasteiger partial charge >= 0.3 is 0 Å². The molecule has 1 N–H and O–H groups in total. The zero-order chi connectivity index (χ0) is 16.4. The Balaban J connectivity index is 2.01. The molecule has 0 bridgehead atoms. The smallest absolute Gasteiger partial charge is 0.232 e. The third kappa shape index (κ3) is 3.55. The number of anilines is 2. The fourth-order valence-corrected chi connectivity index (χ4v) is 2.18. The van der Waals surface area contributed by atoms with E-state index in [0.717, 1.165) is 12.1 Å². The van der Waals surface area contributed by atoms with Gasteiger partial charge in [-0.1, -0.05) is 17.7 Å². The second-order valence-corrected chi connectivity index (χ2v) is 5.25. The minimum atomic E-state index is -0.787. The molecular weight excluding hydrogens is 345 g/mol. The van der Waals surface area contributed by atoms with Crippen LogP contribution in [-0.4, -0.2) is 15.0 Å². The summed E-state index contributed by atoms with van der Waals surface area (Å²) in [6, 6.07) is 10.2. The topological polar surface area (TPSA) is 50.7 Å². The van der Waals surface area contributed by atoms with Gasteiger partial charge in [0, 0.05) is 10.7 Å². The highest BCUT2D eigenvalue weighted by molar-refractivity contribution is 6.30. The molecule has 0 aliphatic rings. The van der Waals surface area contributed by atoms with Gasteiger partial charge in [-0.3, -0.25) is 0 Å². The maximum absolute atomic E-state index is 13.9. The van der Waals surface area contributed by atoms with Gasteiger partial charge in [-0.05, 0) is 48.0 Å². The quantitative estimate of drug-likeness (QED) is 0.730. The molecule has 0 atom stereocenters. The van der Waals surface area contributed by atoms with Crippen molar-refractivity contribution in [3.63, 3.8) is 0 Å². The van der Waals surface area contributed by atoms with Crippen molar-refractivity contribution in [2.24, 2.45) is 0 Å². The number of nitrogens with one attached hydrogen (secondary N) is 1. The van der Waals surface area contributed by atoms with Crippen LogP contribution in [0.25, 0.3) is 11.4 Å². The predicted molar refractivity (Wildman–Crippen MR) is 84.9 cm³/mol. The summed E-state index contributed by atoms with van der Waals surface area (Å²) in [4.78, 5) is 11.7. The number of hydrogen-bond acceptors (Lipinski definition) is 4. The SMILES string of the molecule is Fc1cccc(F)c1-c1nc(Cl)nc(Nc2ccc(Cl)cc2)n1. The molecule has 3 rings (SSSR count). The Kier molecular flexibility index (Phi) is 4.36. The van der Waals surface area contributed by atoms with E-state index in [0.29, 0.717) is 10.7 Å². The van der Waals surface area contributed by atoms with Gasteiger partial charge in [0.2, 0.25) is 11.2 Å². The number of nitrogens with zero attached hydrogens (tertiary/aromatic N) is 3. The third-order valence-corrected chi connectivity index (χ3v) is 3.32. The molecule has 8 heteroatoms. The Labute approximate surface area is 140 Å². The summed E-state index contributed by atoms with van der Waals surface area (Å²) in [6.07, 6.45) is 0. The Morgan fingerprint density at radius 1 is 0.826 bits per heavy atom. The van der Waals surface area contributed by atoms with Crippen LogP contribution in [0.5, 0.6) is 0 Å². The predicted octanol–water partition coefficient (Wildman–Crippen LogP) is 4.87. The van der Waals surface area contributed by atoms with Gasteiger partial charge in [-0.25, -0.2) is 8.78 Å². The van der Waals surface area contributed by atoms with E-state index in [4.69, 9.17) is 23.2 Å². The highest BCUT2D eigenvalue weighted by atomic mass is 35.5. The van der Waals surface area contributed by atoms with Crippen LogP contribution in [0.1, 0.15) is 0 Å². The normalized spacial score (nSPS) is 10.6. The van der Waals surface area contributed by atoms with Crippen molar-refractivity contribution in [1.82, 2.24) is 15.0 Å². The molecule has 0 fully saturated rings. The van der Waals surface area contributed by atoms with Crippen LogP contribution in [0.2, 0.25) is 10.3 Å². The van der Waals surface area contributed by atoms with Crippen molar-refractivity contribution in [2.75, 3.05) is 5.32 Å². The van der Waals surface area contributed by atoms with Crippen LogP contribution in [0.4, 0.5) is 20.4 Å². The number of rotatable bonds is 3. The summed E-state index contributed by atoms with van der Waals surface area (Å²) in [7, 11) is 0. The van der Waals surface area contributed by atoms with E-state index in [1.807, 2.05) is 0 Å². The van der Waals surface area contributed by atoms with Crippen LogP contribution in [0.3, 0.4) is 0 Å². The number of halogens is 4. The second-order valence-electron chi connectivity index (χ2n) is 4.48. The lowest BCUT2D eigenvalue weighted by atomic mass is 10.2. The van der Waals surface area contributed by atoms with Crippen LogP contribution < -0.4 is 5.32 Å². The van der Waals surface area contributed by atoms with Gasteiger partial charge in [-0.2, -0.15) is 15.0 Å². The van der Waals surface area contributed by atoms with Gasteiger partial charge in [0.15, 0.2) is 5.82 Å². The highest BCUT2D eigenvalue weighted by Gasteiger charge is 2.16. The zero-order valence-electron chi connectivity index (χ0n) is 11.4. The van der Waals surface area contributed by atoms with Crippen molar-refractivity contribution < 1.29 is 8.78 Å². The average molecular weight is 353 g/mol. The monoisotopic (exact) mass is 352 g/mol. The molecule has 0 saturated carbocycles. The second kappa shape index (κ2) is 6.44. The van der Waals surface area contributed by atoms with E-state index >= 15 is 0 Å². The summed E-state index contributed by atoms with van der Waals surface area (Å²) in [5, 5.41) is 3.25. The van der Waals surface area contributed by atoms with E-state index in [9.17, 15) is 8.78 Å². The fourth-order valence-electron chi connectivity index (χ4n) is 1.89. The van der Waals surface area contributed by atoms with Gasteiger partial charge in [0.1, 0.15) is 11.6 Å². The summed E-state index contributed by atoms with van der Waals surface area (Å²) < 4.78 is 27.7. The minimum Gasteiger partial charge on any atom is -0.324 e. The van der Waals surface area contributed by atoms with Gasteiger partial charge in [-0.15, -0.1) is 0 Å². The first-order valence-corrected chi connectivity index (χ1v) is 7.17. The molecule has 0 saturated heterocycles. The van der Waals surface area contributed by atoms with Crippen molar-refractivity contribution in [2.45, 2.75) is 0 Å². The molecule has 3 aromatic rings. The van der Waals surface area contributed by atoms with E-state index < -0.39 is 11.6 Å². The van der Waals surface area contributed by atoms with E-state index in [1.165, 1.54) is 6.07 Å². The highest BCUT2D eigenvalue weighted by Crippen LogP contribution is 2.25. The third-order valence-electron chi connectivity index (χ3n) is 2.89. The molecule has 0 spiro atoms. The number of hydrogen-bond donors (Lipinski definition) is 1. The molecule has 0 amide bonds. The fraction of sp³-hybridized carbons (Fsp3) is 0. The Morgan fingerprint density at radius 2 is 1.48 bits per heavy atom. The van der Waals surface area contributed by atoms with Gasteiger partial charge in [0.05, 0.1) is 5.56 Å². The van der Waals surface area contributed by atoms with Gasteiger partial charge in [0.25, 0.3) is 0 Å². The number of benzene rings is 2. The summed E-state index contributed by atoms with van der Waals surface area (Å²) >= 11 is 11.6. The molecule has 0 aliphatic carbocycles. The van der Waals surface area contributed by atoms with E-state index in [2.05, 4.69) is 20.3 Å². The molecule has 0 radical (unpaired) electrons. The summed E-state index contributed by atoms with van der Waals surface area (Å²) in [5.41, 5.74) is 0.271. The molecule has 2 aromatic carbocycles. The average Bonchev–Trinajstić information content (AvgIpc) is 2.49. The van der Waals surface area contributed by atoms with Crippen LogP contribution in [0, 0.1) is 11.6 Å². The Bertz CT molecular complexity index is 836. The van der Waals surface area contributed by atoms with E-state index in [-0.39, 0.29) is 22.6 Å². The van der Waals surface area contributed by atoms with Crippen LogP contribution in [0.15, 0.2) is 42.5 Å². The molecule has 1 aromatic heterocycles. The lowest BCUT2D eigenvalue weighted by molar-refractivity contribution is 0.587. The molecule has 0 aliphatic heterocycles. The Hall–Kier alpha value is -2.31. The molecule has 1 heterocycles. The molecule has 4 nitrogen and oxygen atoms in total. The van der Waals surface area contributed by atoms with Gasteiger partial charge < -0.3 is 5.32 Å². The van der Waals surface area contributed by atoms with Crippen molar-refractivity contribution in [3.05, 3.63) is 64.4 Å². The van der Waals surface area contributed by atoms with Crippen LogP contribution >= 0.6 is 23.2 Å². The maximum atomic E-state index is 13.9. The lowest BCUT2D eigenvalue weighted by Crippen LogP contribution is -2.03. The first-order chi connectivity index (χ1) is 11.0. The molecular formula is C15H8Cl2F2N4. The number of aromatic nitrogens is 3. The minimum absolute atomic E-state index is 0.0602. The Morgan fingerprint density at radius 3 is 2.13 bits per heavy atom. The largest absolute Gasteiger partial charge is 0.324 e. The molecule has 23 heavy (non-hydrogen) atoms. The zero-order valence-corrected chi connectivity index (χ0v) is 12.9. The van der Waals surface area contributed by atoms with Crippen molar-refractivity contribution >= 4 is 34.8 Å². The van der Waals surface area contributed by atoms with Crippen molar-refractivity contribution in [3.8, 4) is 11.4 Å². The lowest BCUT2D eigenvalue weighted by Gasteiger charge is -2.08. The first kappa shape index (κ1) is 15.6.